The number of likely N-dealkylation sites (tertiary alicyclic amines) is 2. The fraction of sp³-hybridized carbons (Fsp3) is 0.889. The lowest BCUT2D eigenvalue weighted by atomic mass is 9.93. The molecule has 2 aliphatic heterocycles. The number of amides is 2. The van der Waals surface area contributed by atoms with Crippen LogP contribution >= 0.6 is 0 Å². The number of hydrogen-bond acceptors (Lipinski definition) is 5. The van der Waals surface area contributed by atoms with Crippen LogP contribution in [0.15, 0.2) is 0 Å². The predicted octanol–water partition coefficient (Wildman–Crippen LogP) is -0.431. The number of aliphatic hydroxyl groups excluding tert-OH is 2. The standard InChI is InChI=1S/C18H31N3O4/c22-11-15(12-23)19-17(24)14-2-1-7-21(10-14)16-5-8-20(9-6-16)18(25)13-3-4-13/h13-16,22-23H,1-12H2,(H,19,24)/t14-/m1/s1. The van der Waals surface area contributed by atoms with Gasteiger partial charge in [-0.15, -0.1) is 0 Å². The topological polar surface area (TPSA) is 93.1 Å². The van der Waals surface area contributed by atoms with Gasteiger partial charge in [0.25, 0.3) is 0 Å². The lowest BCUT2D eigenvalue weighted by Gasteiger charge is -2.42. The third-order valence-corrected chi connectivity index (χ3v) is 5.83. The lowest BCUT2D eigenvalue weighted by molar-refractivity contribution is -0.134. The zero-order valence-electron chi connectivity index (χ0n) is 14.9. The fourth-order valence-corrected chi connectivity index (χ4v) is 4.06. The molecular weight excluding hydrogens is 322 g/mol. The van der Waals surface area contributed by atoms with Gasteiger partial charge >= 0.3 is 0 Å². The smallest absolute Gasteiger partial charge is 0.225 e. The van der Waals surface area contributed by atoms with Crippen LogP contribution in [0.2, 0.25) is 0 Å². The molecule has 0 radical (unpaired) electrons. The van der Waals surface area contributed by atoms with Crippen LogP contribution < -0.4 is 5.32 Å². The molecule has 0 bridgehead atoms. The highest BCUT2D eigenvalue weighted by atomic mass is 16.3. The van der Waals surface area contributed by atoms with Gasteiger partial charge in [0.05, 0.1) is 25.2 Å². The predicted molar refractivity (Wildman–Crippen MR) is 92.7 cm³/mol. The molecule has 7 nitrogen and oxygen atoms in total. The van der Waals surface area contributed by atoms with Crippen molar-refractivity contribution >= 4 is 11.8 Å². The molecule has 3 fully saturated rings. The Labute approximate surface area is 149 Å². The maximum Gasteiger partial charge on any atom is 0.225 e. The molecule has 2 amide bonds. The highest BCUT2D eigenvalue weighted by Gasteiger charge is 2.37. The minimum atomic E-state index is -0.570. The first-order valence-electron chi connectivity index (χ1n) is 9.67. The zero-order chi connectivity index (χ0) is 17.8. The maximum absolute atomic E-state index is 12.4. The van der Waals surface area contributed by atoms with Gasteiger partial charge in [-0.2, -0.15) is 0 Å². The Balaban J connectivity index is 1.46. The van der Waals surface area contributed by atoms with E-state index in [0.717, 1.165) is 64.7 Å². The van der Waals surface area contributed by atoms with Crippen molar-refractivity contribution in [3.63, 3.8) is 0 Å². The fourth-order valence-electron chi connectivity index (χ4n) is 4.06. The molecule has 142 valence electrons. The van der Waals surface area contributed by atoms with E-state index in [0.29, 0.717) is 17.9 Å². The molecule has 3 N–H and O–H groups in total. The quantitative estimate of drug-likeness (QED) is 0.602. The molecule has 3 aliphatic rings. The van der Waals surface area contributed by atoms with Gasteiger partial charge in [-0.25, -0.2) is 0 Å². The first kappa shape index (κ1) is 18.6. The SMILES string of the molecule is O=C(NC(CO)CO)[C@@H]1CCCN(C2CCN(C(=O)C3CC3)CC2)C1. The van der Waals surface area contributed by atoms with Gasteiger partial charge in [-0.3, -0.25) is 14.5 Å². The molecule has 2 saturated heterocycles. The molecule has 25 heavy (non-hydrogen) atoms. The summed E-state index contributed by atoms with van der Waals surface area (Å²) in [6, 6.07) is -0.120. The Morgan fingerprint density at radius 3 is 2.24 bits per heavy atom. The summed E-state index contributed by atoms with van der Waals surface area (Å²) in [4.78, 5) is 29.0. The molecule has 1 saturated carbocycles. The van der Waals surface area contributed by atoms with Gasteiger partial charge in [0.2, 0.25) is 11.8 Å². The van der Waals surface area contributed by atoms with Crippen LogP contribution in [-0.4, -0.2) is 83.3 Å². The summed E-state index contributed by atoms with van der Waals surface area (Å²) in [6.07, 6.45) is 5.94. The summed E-state index contributed by atoms with van der Waals surface area (Å²) in [7, 11) is 0. The Morgan fingerprint density at radius 2 is 1.64 bits per heavy atom. The van der Waals surface area contributed by atoms with Gasteiger partial charge in [0.15, 0.2) is 0 Å². The van der Waals surface area contributed by atoms with Crippen LogP contribution in [0, 0.1) is 11.8 Å². The number of rotatable bonds is 6. The summed E-state index contributed by atoms with van der Waals surface area (Å²) in [5.41, 5.74) is 0. The van der Waals surface area contributed by atoms with Crippen LogP contribution in [-0.2, 0) is 9.59 Å². The Morgan fingerprint density at radius 1 is 0.960 bits per heavy atom. The third-order valence-electron chi connectivity index (χ3n) is 5.83. The second-order valence-electron chi connectivity index (χ2n) is 7.74. The van der Waals surface area contributed by atoms with Gasteiger partial charge in [0.1, 0.15) is 0 Å². The van der Waals surface area contributed by atoms with Crippen LogP contribution in [0.25, 0.3) is 0 Å². The highest BCUT2D eigenvalue weighted by molar-refractivity contribution is 5.81. The normalized spacial score (nSPS) is 26.0. The molecule has 0 unspecified atom stereocenters. The molecule has 7 heteroatoms. The van der Waals surface area contributed by atoms with E-state index in [9.17, 15) is 9.59 Å². The molecule has 1 atom stereocenters. The monoisotopic (exact) mass is 353 g/mol. The molecule has 3 rings (SSSR count). The van der Waals surface area contributed by atoms with Gasteiger partial charge < -0.3 is 20.4 Å². The minimum Gasteiger partial charge on any atom is -0.394 e. The van der Waals surface area contributed by atoms with Crippen LogP contribution in [0.4, 0.5) is 0 Å². The van der Waals surface area contributed by atoms with Gasteiger partial charge in [0, 0.05) is 31.6 Å². The first-order valence-corrected chi connectivity index (χ1v) is 9.67. The van der Waals surface area contributed by atoms with E-state index in [1.54, 1.807) is 0 Å². The number of nitrogens with zero attached hydrogens (tertiary/aromatic N) is 2. The van der Waals surface area contributed by atoms with Crippen molar-refractivity contribution in [1.82, 2.24) is 15.1 Å². The van der Waals surface area contributed by atoms with Crippen molar-refractivity contribution < 1.29 is 19.8 Å². The summed E-state index contributed by atoms with van der Waals surface area (Å²) in [5, 5.41) is 21.0. The second-order valence-corrected chi connectivity index (χ2v) is 7.74. The van der Waals surface area contributed by atoms with E-state index in [1.165, 1.54) is 0 Å². The summed E-state index contributed by atoms with van der Waals surface area (Å²) in [6.45, 7) is 2.93. The molecule has 0 aromatic carbocycles. The van der Waals surface area contributed by atoms with Gasteiger partial charge in [-0.05, 0) is 45.1 Å². The van der Waals surface area contributed by atoms with E-state index < -0.39 is 6.04 Å². The molecule has 0 aromatic rings. The van der Waals surface area contributed by atoms with Crippen molar-refractivity contribution in [2.75, 3.05) is 39.4 Å². The Bertz CT molecular complexity index is 471. The number of carbonyl (C=O) groups is 2. The van der Waals surface area contributed by atoms with Crippen molar-refractivity contribution in [2.45, 2.75) is 50.6 Å². The number of carbonyl (C=O) groups excluding carboxylic acids is 2. The molecule has 1 aliphatic carbocycles. The van der Waals surface area contributed by atoms with Crippen LogP contribution in [0.1, 0.15) is 38.5 Å². The summed E-state index contributed by atoms with van der Waals surface area (Å²) >= 11 is 0. The highest BCUT2D eigenvalue weighted by Crippen LogP contribution is 2.32. The van der Waals surface area contributed by atoms with E-state index in [1.807, 2.05) is 4.90 Å². The average Bonchev–Trinajstić information content (AvgIpc) is 3.51. The van der Waals surface area contributed by atoms with Crippen molar-refractivity contribution in [1.29, 1.82) is 0 Å². The van der Waals surface area contributed by atoms with E-state index in [-0.39, 0.29) is 25.0 Å². The van der Waals surface area contributed by atoms with Gasteiger partial charge in [-0.1, -0.05) is 0 Å². The number of piperidine rings is 2. The van der Waals surface area contributed by atoms with E-state index >= 15 is 0 Å². The third kappa shape index (κ3) is 4.71. The van der Waals surface area contributed by atoms with E-state index in [2.05, 4.69) is 10.2 Å². The first-order chi connectivity index (χ1) is 12.1. The Hall–Kier alpha value is -1.18. The molecule has 0 aromatic heterocycles. The summed E-state index contributed by atoms with van der Waals surface area (Å²) < 4.78 is 0. The van der Waals surface area contributed by atoms with E-state index in [4.69, 9.17) is 10.2 Å². The number of nitrogens with one attached hydrogen (secondary N) is 1. The second kappa shape index (κ2) is 8.47. The van der Waals surface area contributed by atoms with Crippen LogP contribution in [0.5, 0.6) is 0 Å². The van der Waals surface area contributed by atoms with Crippen molar-refractivity contribution in [3.05, 3.63) is 0 Å². The van der Waals surface area contributed by atoms with Crippen LogP contribution in [0.3, 0.4) is 0 Å². The minimum absolute atomic E-state index is 0.0702. The lowest BCUT2D eigenvalue weighted by Crippen LogP contribution is -2.53. The van der Waals surface area contributed by atoms with Crippen molar-refractivity contribution in [2.24, 2.45) is 11.8 Å². The molecular formula is C18H31N3O4. The number of aliphatic hydroxyl groups is 2. The molecule has 2 heterocycles. The Kier molecular flexibility index (Phi) is 6.30. The zero-order valence-corrected chi connectivity index (χ0v) is 14.9. The number of hydrogen-bond donors (Lipinski definition) is 3. The average molecular weight is 353 g/mol. The largest absolute Gasteiger partial charge is 0.394 e. The van der Waals surface area contributed by atoms with Crippen molar-refractivity contribution in [3.8, 4) is 0 Å². The maximum atomic E-state index is 12.4. The summed E-state index contributed by atoms with van der Waals surface area (Å²) in [5.74, 6) is 0.485. The molecule has 0 spiro atoms.